The average Bonchev–Trinajstić information content (AvgIpc) is 3.22. The smallest absolute Gasteiger partial charge is 0.251 e. The van der Waals surface area contributed by atoms with Crippen LogP contribution >= 0.6 is 0 Å². The molecule has 0 aromatic rings. The predicted molar refractivity (Wildman–Crippen MR) is 86.7 cm³/mol. The molecule has 1 aliphatic heterocycles. The van der Waals surface area contributed by atoms with Crippen LogP contribution in [0.1, 0.15) is 39.5 Å². The first kappa shape index (κ1) is 18.2. The molecule has 23 heavy (non-hydrogen) atoms. The number of rotatable bonds is 10. The van der Waals surface area contributed by atoms with Gasteiger partial charge in [-0.1, -0.05) is 13.8 Å². The van der Waals surface area contributed by atoms with Gasteiger partial charge in [0.2, 0.25) is 6.41 Å². The van der Waals surface area contributed by atoms with Gasteiger partial charge in [0, 0.05) is 25.6 Å². The number of hydrogen-bond donors (Lipinski definition) is 2. The van der Waals surface area contributed by atoms with Crippen LogP contribution in [0.5, 0.6) is 0 Å². The molecule has 3 atom stereocenters. The molecule has 2 N–H and O–H groups in total. The predicted octanol–water partition coefficient (Wildman–Crippen LogP) is 0.783. The Kier molecular flexibility index (Phi) is 6.84. The maximum atomic E-state index is 12.2. The Morgan fingerprint density at radius 1 is 1.35 bits per heavy atom. The summed E-state index contributed by atoms with van der Waals surface area (Å²) in [7, 11) is 0. The van der Waals surface area contributed by atoms with Gasteiger partial charge in [-0.2, -0.15) is 0 Å². The number of aliphatic hydroxyl groups excluding tert-OH is 1. The summed E-state index contributed by atoms with van der Waals surface area (Å²) < 4.78 is 5.36. The van der Waals surface area contributed by atoms with Crippen molar-refractivity contribution in [2.24, 2.45) is 17.8 Å². The van der Waals surface area contributed by atoms with Crippen LogP contribution in [0.4, 0.5) is 0 Å². The fourth-order valence-electron chi connectivity index (χ4n) is 3.06. The minimum atomic E-state index is -1.18. The van der Waals surface area contributed by atoms with Gasteiger partial charge >= 0.3 is 0 Å². The third-order valence-corrected chi connectivity index (χ3v) is 4.66. The molecule has 0 spiro atoms. The quantitative estimate of drug-likeness (QED) is 0.582. The maximum absolute atomic E-state index is 12.2. The summed E-state index contributed by atoms with van der Waals surface area (Å²) in [4.78, 5) is 25.4. The van der Waals surface area contributed by atoms with E-state index in [9.17, 15) is 14.7 Å². The molecular weight excluding hydrogens is 296 g/mol. The van der Waals surface area contributed by atoms with Crippen LogP contribution in [0.3, 0.4) is 0 Å². The van der Waals surface area contributed by atoms with E-state index < -0.39 is 12.1 Å². The molecule has 6 nitrogen and oxygen atoms in total. The number of carbonyl (C=O) groups excluding carboxylic acids is 2. The monoisotopic (exact) mass is 326 g/mol. The average molecular weight is 326 g/mol. The van der Waals surface area contributed by atoms with Gasteiger partial charge in [-0.05, 0) is 37.5 Å². The highest BCUT2D eigenvalue weighted by Gasteiger charge is 2.33. The summed E-state index contributed by atoms with van der Waals surface area (Å²) in [6, 6.07) is -0.479. The number of amides is 2. The van der Waals surface area contributed by atoms with E-state index >= 15 is 0 Å². The highest BCUT2D eigenvalue weighted by atomic mass is 16.5. The highest BCUT2D eigenvalue weighted by molar-refractivity contribution is 5.81. The normalized spacial score (nSPS) is 23.6. The standard InChI is InChI=1S/C17H30N2O4/c1-12(2)7-15(16(21)17(22)18-8-13-3-4-13)19(11-20)9-14-5-6-23-10-14/h11-16,21H,3-10H2,1-2H3,(H,18,22). The molecule has 0 radical (unpaired) electrons. The summed E-state index contributed by atoms with van der Waals surface area (Å²) in [5, 5.41) is 13.3. The lowest BCUT2D eigenvalue weighted by molar-refractivity contribution is -0.136. The zero-order valence-corrected chi connectivity index (χ0v) is 14.2. The van der Waals surface area contributed by atoms with E-state index in [1.807, 2.05) is 13.8 Å². The third-order valence-electron chi connectivity index (χ3n) is 4.66. The molecule has 132 valence electrons. The van der Waals surface area contributed by atoms with Gasteiger partial charge < -0.3 is 20.1 Å². The fraction of sp³-hybridized carbons (Fsp3) is 0.882. The number of ether oxygens (including phenoxy) is 1. The van der Waals surface area contributed by atoms with Crippen LogP contribution in [0, 0.1) is 17.8 Å². The second-order valence-corrected chi connectivity index (χ2v) is 7.36. The first-order valence-corrected chi connectivity index (χ1v) is 8.75. The van der Waals surface area contributed by atoms with Gasteiger partial charge in [0.1, 0.15) is 0 Å². The zero-order chi connectivity index (χ0) is 16.8. The van der Waals surface area contributed by atoms with Crippen molar-refractivity contribution < 1.29 is 19.4 Å². The van der Waals surface area contributed by atoms with Gasteiger partial charge in [0.25, 0.3) is 5.91 Å². The molecule has 2 amide bonds. The fourth-order valence-corrected chi connectivity index (χ4v) is 3.06. The van der Waals surface area contributed by atoms with Gasteiger partial charge in [0.15, 0.2) is 6.10 Å². The second kappa shape index (κ2) is 8.64. The van der Waals surface area contributed by atoms with Crippen molar-refractivity contribution in [1.29, 1.82) is 0 Å². The minimum Gasteiger partial charge on any atom is -0.381 e. The lowest BCUT2D eigenvalue weighted by atomic mass is 9.96. The first-order valence-electron chi connectivity index (χ1n) is 8.75. The lowest BCUT2D eigenvalue weighted by Gasteiger charge is -2.34. The van der Waals surface area contributed by atoms with E-state index in [4.69, 9.17) is 4.74 Å². The molecule has 0 aromatic heterocycles. The Morgan fingerprint density at radius 2 is 2.09 bits per heavy atom. The largest absolute Gasteiger partial charge is 0.381 e. The van der Waals surface area contributed by atoms with Crippen molar-refractivity contribution >= 4 is 12.3 Å². The van der Waals surface area contributed by atoms with Gasteiger partial charge in [-0.25, -0.2) is 0 Å². The molecule has 1 saturated heterocycles. The van der Waals surface area contributed by atoms with E-state index in [0.29, 0.717) is 32.0 Å². The molecule has 0 aromatic carbocycles. The Morgan fingerprint density at radius 3 is 2.61 bits per heavy atom. The van der Waals surface area contributed by atoms with E-state index in [1.165, 1.54) is 0 Å². The second-order valence-electron chi connectivity index (χ2n) is 7.36. The Bertz CT molecular complexity index is 392. The summed E-state index contributed by atoms with van der Waals surface area (Å²) in [5.74, 6) is 0.773. The van der Waals surface area contributed by atoms with Crippen LogP contribution in [-0.4, -0.2) is 60.8 Å². The molecule has 1 aliphatic carbocycles. The maximum Gasteiger partial charge on any atom is 0.251 e. The molecule has 1 saturated carbocycles. The SMILES string of the molecule is CC(C)CC(C(O)C(=O)NCC1CC1)N(C=O)CC1CCOC1. The van der Waals surface area contributed by atoms with E-state index in [1.54, 1.807) is 4.90 Å². The molecule has 2 rings (SSSR count). The number of aliphatic hydroxyl groups is 1. The highest BCUT2D eigenvalue weighted by Crippen LogP contribution is 2.27. The van der Waals surface area contributed by atoms with Crippen LogP contribution in [-0.2, 0) is 14.3 Å². The molecule has 3 unspecified atom stereocenters. The lowest BCUT2D eigenvalue weighted by Crippen LogP contribution is -2.52. The van der Waals surface area contributed by atoms with Gasteiger partial charge in [-0.15, -0.1) is 0 Å². The Labute approximate surface area is 138 Å². The van der Waals surface area contributed by atoms with Crippen molar-refractivity contribution in [3.8, 4) is 0 Å². The topological polar surface area (TPSA) is 78.9 Å². The van der Waals surface area contributed by atoms with Crippen molar-refractivity contribution in [2.45, 2.75) is 51.7 Å². The van der Waals surface area contributed by atoms with Crippen LogP contribution in [0.25, 0.3) is 0 Å². The third kappa shape index (κ3) is 5.77. The van der Waals surface area contributed by atoms with Crippen LogP contribution in [0.2, 0.25) is 0 Å². The molecule has 2 fully saturated rings. The summed E-state index contributed by atoms with van der Waals surface area (Å²) in [6.07, 6.45) is 3.40. The summed E-state index contributed by atoms with van der Waals surface area (Å²) in [5.41, 5.74) is 0. The van der Waals surface area contributed by atoms with Crippen molar-refractivity contribution in [1.82, 2.24) is 10.2 Å². The molecule has 2 aliphatic rings. The zero-order valence-electron chi connectivity index (χ0n) is 14.2. The van der Waals surface area contributed by atoms with Crippen LogP contribution in [0.15, 0.2) is 0 Å². The minimum absolute atomic E-state index is 0.285. The molecule has 6 heteroatoms. The molecule has 1 heterocycles. The van der Waals surface area contributed by atoms with Crippen molar-refractivity contribution in [3.63, 3.8) is 0 Å². The number of carbonyl (C=O) groups is 2. The Balaban J connectivity index is 1.96. The number of nitrogens with one attached hydrogen (secondary N) is 1. The van der Waals surface area contributed by atoms with Gasteiger partial charge in [-0.3, -0.25) is 9.59 Å². The summed E-state index contributed by atoms with van der Waals surface area (Å²) >= 11 is 0. The first-order chi connectivity index (χ1) is 11.0. The van der Waals surface area contributed by atoms with E-state index in [2.05, 4.69) is 5.32 Å². The summed E-state index contributed by atoms with van der Waals surface area (Å²) in [6.45, 7) is 6.59. The Hall–Kier alpha value is -1.14. The van der Waals surface area contributed by atoms with Crippen molar-refractivity contribution in [3.05, 3.63) is 0 Å². The van der Waals surface area contributed by atoms with Crippen LogP contribution < -0.4 is 5.32 Å². The number of nitrogens with zero attached hydrogens (tertiary/aromatic N) is 1. The van der Waals surface area contributed by atoms with Gasteiger partial charge in [0.05, 0.1) is 12.6 Å². The molecule has 0 bridgehead atoms. The molecular formula is C17H30N2O4. The number of hydrogen-bond acceptors (Lipinski definition) is 4. The van der Waals surface area contributed by atoms with Crippen molar-refractivity contribution in [2.75, 3.05) is 26.3 Å². The van der Waals surface area contributed by atoms with E-state index in [0.717, 1.165) is 32.3 Å². The van der Waals surface area contributed by atoms with E-state index in [-0.39, 0.29) is 17.7 Å².